The minimum absolute atomic E-state index is 0.207. The van der Waals surface area contributed by atoms with Gasteiger partial charge >= 0.3 is 0 Å². The molecule has 0 saturated heterocycles. The van der Waals surface area contributed by atoms with Crippen molar-refractivity contribution in [3.8, 4) is 0 Å². The van der Waals surface area contributed by atoms with E-state index in [-0.39, 0.29) is 6.04 Å². The molecule has 3 aromatic rings. The van der Waals surface area contributed by atoms with Gasteiger partial charge in [0.1, 0.15) is 11.3 Å². The number of aromatic nitrogens is 3. The Balaban J connectivity index is 1.52. The first-order chi connectivity index (χ1) is 9.83. The summed E-state index contributed by atoms with van der Waals surface area (Å²) in [7, 11) is 0. The van der Waals surface area contributed by atoms with Gasteiger partial charge < -0.3 is 9.73 Å². The van der Waals surface area contributed by atoms with Gasteiger partial charge in [0, 0.05) is 18.1 Å². The monoisotopic (exact) mass is 270 g/mol. The van der Waals surface area contributed by atoms with E-state index in [9.17, 15) is 0 Å². The second-order valence-corrected chi connectivity index (χ2v) is 4.88. The Kier molecular flexibility index (Phi) is 3.78. The molecule has 0 radical (unpaired) electrons. The van der Waals surface area contributed by atoms with Crippen LogP contribution in [0.25, 0.3) is 11.0 Å². The van der Waals surface area contributed by atoms with Gasteiger partial charge in [0.05, 0.1) is 12.2 Å². The van der Waals surface area contributed by atoms with E-state index in [0.717, 1.165) is 36.2 Å². The van der Waals surface area contributed by atoms with Gasteiger partial charge in [-0.2, -0.15) is 0 Å². The van der Waals surface area contributed by atoms with Gasteiger partial charge in [0.15, 0.2) is 0 Å². The van der Waals surface area contributed by atoms with Gasteiger partial charge in [-0.15, -0.1) is 5.10 Å². The maximum Gasteiger partial charge on any atom is 0.134 e. The molecule has 2 heterocycles. The summed E-state index contributed by atoms with van der Waals surface area (Å²) in [4.78, 5) is 0. The molecule has 5 nitrogen and oxygen atoms in total. The normalized spacial score (nSPS) is 12.8. The lowest BCUT2D eigenvalue weighted by molar-refractivity contribution is 0.436. The first-order valence-electron chi connectivity index (χ1n) is 6.89. The zero-order valence-corrected chi connectivity index (χ0v) is 11.5. The molecule has 2 aromatic heterocycles. The molecular weight excluding hydrogens is 252 g/mol. The average Bonchev–Trinajstić information content (AvgIpc) is 3.12. The Labute approximate surface area is 117 Å². The van der Waals surface area contributed by atoms with E-state index in [2.05, 4.69) is 34.7 Å². The predicted molar refractivity (Wildman–Crippen MR) is 77.3 cm³/mol. The number of para-hydroxylation sites is 1. The molecule has 0 spiro atoms. The fourth-order valence-electron chi connectivity index (χ4n) is 2.23. The van der Waals surface area contributed by atoms with E-state index in [1.165, 1.54) is 0 Å². The van der Waals surface area contributed by atoms with Gasteiger partial charge in [-0.25, -0.2) is 0 Å². The Bertz CT molecular complexity index is 626. The van der Waals surface area contributed by atoms with Crippen LogP contribution in [0.2, 0.25) is 0 Å². The van der Waals surface area contributed by atoms with Crippen LogP contribution in [0, 0.1) is 0 Å². The topological polar surface area (TPSA) is 55.9 Å². The van der Waals surface area contributed by atoms with E-state index >= 15 is 0 Å². The molecule has 0 amide bonds. The van der Waals surface area contributed by atoms with Crippen molar-refractivity contribution in [1.29, 1.82) is 0 Å². The summed E-state index contributed by atoms with van der Waals surface area (Å²) < 4.78 is 7.68. The van der Waals surface area contributed by atoms with Gasteiger partial charge in [-0.3, -0.25) is 4.68 Å². The Morgan fingerprint density at radius 1 is 1.35 bits per heavy atom. The number of rotatable bonds is 6. The molecule has 0 bridgehead atoms. The number of benzene rings is 1. The van der Waals surface area contributed by atoms with Crippen LogP contribution >= 0.6 is 0 Å². The predicted octanol–water partition coefficient (Wildman–Crippen LogP) is 2.77. The summed E-state index contributed by atoms with van der Waals surface area (Å²) in [6, 6.07) is 10.4. The maximum absolute atomic E-state index is 5.84. The van der Waals surface area contributed by atoms with Crippen molar-refractivity contribution < 1.29 is 4.42 Å². The third-order valence-electron chi connectivity index (χ3n) is 3.36. The van der Waals surface area contributed by atoms with Gasteiger partial charge in [0.2, 0.25) is 0 Å². The molecule has 1 atom stereocenters. The van der Waals surface area contributed by atoms with Crippen LogP contribution < -0.4 is 5.32 Å². The zero-order chi connectivity index (χ0) is 13.8. The summed E-state index contributed by atoms with van der Waals surface area (Å²) in [5, 5.41) is 12.3. The van der Waals surface area contributed by atoms with E-state index in [4.69, 9.17) is 4.42 Å². The van der Waals surface area contributed by atoms with Gasteiger partial charge in [-0.1, -0.05) is 23.4 Å². The molecule has 1 unspecified atom stereocenters. The summed E-state index contributed by atoms with van der Waals surface area (Å²) >= 11 is 0. The van der Waals surface area contributed by atoms with Crippen molar-refractivity contribution in [2.45, 2.75) is 25.9 Å². The highest BCUT2D eigenvalue weighted by molar-refractivity contribution is 5.77. The Hall–Kier alpha value is -2.14. The first-order valence-corrected chi connectivity index (χ1v) is 6.89. The molecule has 104 valence electrons. The first kappa shape index (κ1) is 12.9. The Morgan fingerprint density at radius 2 is 2.25 bits per heavy atom. The van der Waals surface area contributed by atoms with E-state index in [1.807, 2.05) is 29.1 Å². The van der Waals surface area contributed by atoms with E-state index in [1.54, 1.807) is 6.20 Å². The molecule has 0 fully saturated rings. The lowest BCUT2D eigenvalue weighted by atomic mass is 10.2. The number of nitrogens with zero attached hydrogens (tertiary/aromatic N) is 3. The minimum Gasteiger partial charge on any atom is -0.459 e. The molecule has 1 N–H and O–H groups in total. The summed E-state index contributed by atoms with van der Waals surface area (Å²) in [6.07, 6.45) is 4.58. The number of nitrogens with one attached hydrogen (secondary N) is 1. The quantitative estimate of drug-likeness (QED) is 0.700. The summed E-state index contributed by atoms with van der Waals surface area (Å²) in [5.74, 6) is 0.979. The molecule has 5 heteroatoms. The number of furan rings is 1. The van der Waals surface area contributed by atoms with E-state index < -0.39 is 0 Å². The van der Waals surface area contributed by atoms with Crippen LogP contribution in [0.1, 0.15) is 25.1 Å². The van der Waals surface area contributed by atoms with Crippen molar-refractivity contribution in [2.75, 3.05) is 6.54 Å². The van der Waals surface area contributed by atoms with Crippen molar-refractivity contribution >= 4 is 11.0 Å². The lowest BCUT2D eigenvalue weighted by Gasteiger charge is -2.10. The lowest BCUT2D eigenvalue weighted by Crippen LogP contribution is -2.20. The molecule has 1 aromatic carbocycles. The number of hydrogen-bond acceptors (Lipinski definition) is 4. The van der Waals surface area contributed by atoms with Crippen molar-refractivity contribution in [2.24, 2.45) is 0 Å². The molecule has 0 aliphatic carbocycles. The fraction of sp³-hybridized carbons (Fsp3) is 0.333. The maximum atomic E-state index is 5.84. The molecule has 0 saturated carbocycles. The Morgan fingerprint density at radius 3 is 3.05 bits per heavy atom. The molecule has 20 heavy (non-hydrogen) atoms. The third-order valence-corrected chi connectivity index (χ3v) is 3.36. The number of aryl methyl sites for hydroxylation is 1. The largest absolute Gasteiger partial charge is 0.459 e. The highest BCUT2D eigenvalue weighted by Crippen LogP contribution is 2.23. The standard InChI is InChI=1S/C15H18N4O/c1-12(16-7-4-9-19-10-8-17-18-19)15-11-13-5-2-3-6-14(13)20-15/h2-3,5-6,8,10-12,16H,4,7,9H2,1H3. The van der Waals surface area contributed by atoms with E-state index in [0.29, 0.717) is 0 Å². The van der Waals surface area contributed by atoms with Crippen LogP contribution in [0.15, 0.2) is 47.1 Å². The second kappa shape index (κ2) is 5.88. The van der Waals surface area contributed by atoms with Crippen molar-refractivity contribution in [1.82, 2.24) is 20.3 Å². The van der Waals surface area contributed by atoms with Crippen LogP contribution in [-0.4, -0.2) is 21.5 Å². The van der Waals surface area contributed by atoms with Crippen LogP contribution in [0.3, 0.4) is 0 Å². The van der Waals surface area contributed by atoms with Gasteiger partial charge in [0.25, 0.3) is 0 Å². The molecule has 0 aliphatic heterocycles. The summed E-state index contributed by atoms with van der Waals surface area (Å²) in [6.45, 7) is 3.91. The number of fused-ring (bicyclic) bond motifs is 1. The minimum atomic E-state index is 0.207. The second-order valence-electron chi connectivity index (χ2n) is 4.88. The molecular formula is C15H18N4O. The highest BCUT2D eigenvalue weighted by Gasteiger charge is 2.10. The van der Waals surface area contributed by atoms with Crippen LogP contribution in [0.5, 0.6) is 0 Å². The molecule has 0 aliphatic rings. The SMILES string of the molecule is CC(NCCCn1ccnn1)c1cc2ccccc2o1. The van der Waals surface area contributed by atoms with Crippen LogP contribution in [0.4, 0.5) is 0 Å². The smallest absolute Gasteiger partial charge is 0.134 e. The van der Waals surface area contributed by atoms with Crippen molar-refractivity contribution in [3.63, 3.8) is 0 Å². The third kappa shape index (κ3) is 2.88. The van der Waals surface area contributed by atoms with Gasteiger partial charge in [-0.05, 0) is 32.0 Å². The highest BCUT2D eigenvalue weighted by atomic mass is 16.3. The number of hydrogen-bond donors (Lipinski definition) is 1. The average molecular weight is 270 g/mol. The fourth-order valence-corrected chi connectivity index (χ4v) is 2.23. The zero-order valence-electron chi connectivity index (χ0n) is 11.5. The molecule has 3 rings (SSSR count). The van der Waals surface area contributed by atoms with Crippen molar-refractivity contribution in [3.05, 3.63) is 48.5 Å². The summed E-state index contributed by atoms with van der Waals surface area (Å²) in [5.41, 5.74) is 0.943. The van der Waals surface area contributed by atoms with Crippen LogP contribution in [-0.2, 0) is 6.54 Å².